The molecule has 0 radical (unpaired) electrons. The fourth-order valence-corrected chi connectivity index (χ4v) is 3.32. The first-order chi connectivity index (χ1) is 14.5. The van der Waals surface area contributed by atoms with Gasteiger partial charge in [-0.25, -0.2) is 4.98 Å². The first-order valence-corrected chi connectivity index (χ1v) is 10.2. The van der Waals surface area contributed by atoms with Crippen molar-refractivity contribution in [2.45, 2.75) is 13.3 Å². The zero-order chi connectivity index (χ0) is 21.1. The predicted octanol–water partition coefficient (Wildman–Crippen LogP) is 6.84. The molecule has 0 saturated heterocycles. The Morgan fingerprint density at radius 2 is 1.93 bits per heavy atom. The van der Waals surface area contributed by atoms with Crippen molar-refractivity contribution in [2.24, 2.45) is 0 Å². The quantitative estimate of drug-likeness (QED) is 0.356. The van der Waals surface area contributed by atoms with E-state index in [1.54, 1.807) is 54.6 Å². The lowest BCUT2D eigenvalue weighted by Gasteiger charge is -2.08. The van der Waals surface area contributed by atoms with Crippen LogP contribution >= 0.6 is 23.2 Å². The van der Waals surface area contributed by atoms with Crippen LogP contribution in [0.15, 0.2) is 65.1 Å². The molecule has 0 fully saturated rings. The average Bonchev–Trinajstić information content (AvgIpc) is 3.17. The number of hydrogen-bond donors (Lipinski definition) is 1. The van der Waals surface area contributed by atoms with Crippen LogP contribution < -0.4 is 10.1 Å². The molecule has 152 valence electrons. The van der Waals surface area contributed by atoms with Crippen molar-refractivity contribution in [1.82, 2.24) is 4.98 Å². The fraction of sp³-hybridized carbons (Fsp3) is 0.130. The summed E-state index contributed by atoms with van der Waals surface area (Å²) in [6.07, 6.45) is 0.899. The van der Waals surface area contributed by atoms with Gasteiger partial charge in [0.15, 0.2) is 5.58 Å². The van der Waals surface area contributed by atoms with Gasteiger partial charge in [-0.15, -0.1) is 0 Å². The van der Waals surface area contributed by atoms with E-state index in [2.05, 4.69) is 10.3 Å². The highest BCUT2D eigenvalue weighted by atomic mass is 35.5. The Labute approximate surface area is 183 Å². The van der Waals surface area contributed by atoms with E-state index in [1.807, 2.05) is 13.0 Å². The highest BCUT2D eigenvalue weighted by Gasteiger charge is 2.15. The lowest BCUT2D eigenvalue weighted by atomic mass is 10.2. The number of carbonyl (C=O) groups excluding carboxylic acids is 1. The summed E-state index contributed by atoms with van der Waals surface area (Å²) >= 11 is 12.4. The SMILES string of the molecule is CCCOc1cccc(C(=O)Nc2ccc3oc(-c4cccc(Cl)c4Cl)nc3c2)c1. The number of hydrogen-bond acceptors (Lipinski definition) is 4. The Bertz CT molecular complexity index is 1220. The van der Waals surface area contributed by atoms with Gasteiger partial charge in [0.1, 0.15) is 11.3 Å². The van der Waals surface area contributed by atoms with Crippen LogP contribution in [0.25, 0.3) is 22.6 Å². The molecule has 1 heterocycles. The van der Waals surface area contributed by atoms with Crippen LogP contribution in [0, 0.1) is 0 Å². The monoisotopic (exact) mass is 440 g/mol. The Kier molecular flexibility index (Phi) is 5.93. The number of aromatic nitrogens is 1. The summed E-state index contributed by atoms with van der Waals surface area (Å²) in [6, 6.07) is 17.6. The van der Waals surface area contributed by atoms with Crippen LogP contribution in [-0.4, -0.2) is 17.5 Å². The predicted molar refractivity (Wildman–Crippen MR) is 120 cm³/mol. The number of nitrogens with zero attached hydrogens (tertiary/aromatic N) is 1. The fourth-order valence-electron chi connectivity index (χ4n) is 2.94. The van der Waals surface area contributed by atoms with Crippen LogP contribution in [0.3, 0.4) is 0 Å². The molecule has 3 aromatic carbocycles. The number of fused-ring (bicyclic) bond motifs is 1. The normalized spacial score (nSPS) is 10.9. The molecule has 0 unspecified atom stereocenters. The average molecular weight is 441 g/mol. The lowest BCUT2D eigenvalue weighted by Crippen LogP contribution is -2.12. The highest BCUT2D eigenvalue weighted by molar-refractivity contribution is 6.43. The number of anilines is 1. The second-order valence-electron chi connectivity index (χ2n) is 6.63. The van der Waals surface area contributed by atoms with Gasteiger partial charge >= 0.3 is 0 Å². The van der Waals surface area contributed by atoms with Gasteiger partial charge < -0.3 is 14.5 Å². The van der Waals surface area contributed by atoms with Gasteiger partial charge in [0.25, 0.3) is 5.91 Å². The maximum atomic E-state index is 12.6. The zero-order valence-electron chi connectivity index (χ0n) is 16.1. The van der Waals surface area contributed by atoms with Crippen molar-refractivity contribution in [1.29, 1.82) is 0 Å². The van der Waals surface area contributed by atoms with Gasteiger partial charge in [0.2, 0.25) is 5.89 Å². The van der Waals surface area contributed by atoms with E-state index in [0.717, 1.165) is 6.42 Å². The van der Waals surface area contributed by atoms with Gasteiger partial charge in [-0.3, -0.25) is 4.79 Å². The largest absolute Gasteiger partial charge is 0.494 e. The van der Waals surface area contributed by atoms with E-state index >= 15 is 0 Å². The lowest BCUT2D eigenvalue weighted by molar-refractivity contribution is 0.102. The smallest absolute Gasteiger partial charge is 0.255 e. The van der Waals surface area contributed by atoms with Crippen molar-refractivity contribution in [2.75, 3.05) is 11.9 Å². The maximum absolute atomic E-state index is 12.6. The Hall–Kier alpha value is -3.02. The van der Waals surface area contributed by atoms with Crippen molar-refractivity contribution >= 4 is 45.9 Å². The molecule has 1 amide bonds. The molecule has 1 aromatic heterocycles. The van der Waals surface area contributed by atoms with Crippen LogP contribution in [0.1, 0.15) is 23.7 Å². The van der Waals surface area contributed by atoms with Crippen molar-refractivity contribution in [3.63, 3.8) is 0 Å². The third-order valence-corrected chi connectivity index (χ3v) is 5.22. The second kappa shape index (κ2) is 8.78. The summed E-state index contributed by atoms with van der Waals surface area (Å²) in [5.74, 6) is 0.791. The number of benzene rings is 3. The summed E-state index contributed by atoms with van der Waals surface area (Å²) in [5, 5.41) is 3.68. The minimum atomic E-state index is -0.238. The highest BCUT2D eigenvalue weighted by Crippen LogP contribution is 2.35. The summed E-state index contributed by atoms with van der Waals surface area (Å²) in [4.78, 5) is 17.1. The first kappa shape index (κ1) is 20.3. The van der Waals surface area contributed by atoms with E-state index in [-0.39, 0.29) is 5.91 Å². The molecular weight excluding hydrogens is 423 g/mol. The van der Waals surface area contributed by atoms with Crippen LogP contribution in [0.4, 0.5) is 5.69 Å². The number of rotatable bonds is 6. The number of carbonyl (C=O) groups is 1. The molecule has 0 aliphatic heterocycles. The molecule has 4 rings (SSSR count). The molecule has 7 heteroatoms. The Balaban J connectivity index is 1.57. The van der Waals surface area contributed by atoms with Crippen LogP contribution in [0.2, 0.25) is 10.0 Å². The van der Waals surface area contributed by atoms with Gasteiger partial charge in [0, 0.05) is 11.3 Å². The third kappa shape index (κ3) is 4.27. The molecule has 0 aliphatic rings. The molecule has 30 heavy (non-hydrogen) atoms. The Morgan fingerprint density at radius 1 is 1.10 bits per heavy atom. The standard InChI is InChI=1S/C23H18Cl2N2O3/c1-2-11-29-16-6-3-5-14(12-16)22(28)26-15-9-10-20-19(13-15)27-23(30-20)17-7-4-8-18(24)21(17)25/h3-10,12-13H,2,11H2,1H3,(H,26,28). The summed E-state index contributed by atoms with van der Waals surface area (Å²) in [5.41, 5.74) is 2.89. The van der Waals surface area contributed by atoms with E-state index < -0.39 is 0 Å². The molecule has 5 nitrogen and oxygen atoms in total. The molecule has 0 spiro atoms. The topological polar surface area (TPSA) is 64.4 Å². The molecule has 0 atom stereocenters. The third-order valence-electron chi connectivity index (χ3n) is 4.40. The molecule has 0 bridgehead atoms. The molecule has 0 aliphatic carbocycles. The van der Waals surface area contributed by atoms with E-state index in [9.17, 15) is 4.79 Å². The van der Waals surface area contributed by atoms with Gasteiger partial charge in [-0.2, -0.15) is 0 Å². The molecular formula is C23H18Cl2N2O3. The number of nitrogens with one attached hydrogen (secondary N) is 1. The van der Waals surface area contributed by atoms with Gasteiger partial charge in [-0.05, 0) is 55.0 Å². The number of halogens is 2. The minimum Gasteiger partial charge on any atom is -0.494 e. The van der Waals surface area contributed by atoms with E-state index in [4.69, 9.17) is 32.4 Å². The van der Waals surface area contributed by atoms with E-state index in [1.165, 1.54) is 0 Å². The first-order valence-electron chi connectivity index (χ1n) is 9.44. The molecule has 4 aromatic rings. The minimum absolute atomic E-state index is 0.238. The zero-order valence-corrected chi connectivity index (χ0v) is 17.6. The van der Waals surface area contributed by atoms with Crippen molar-refractivity contribution in [3.05, 3.63) is 76.3 Å². The summed E-state index contributed by atoms with van der Waals surface area (Å²) < 4.78 is 11.4. The van der Waals surface area contributed by atoms with Crippen LogP contribution in [0.5, 0.6) is 5.75 Å². The van der Waals surface area contributed by atoms with Gasteiger partial charge in [-0.1, -0.05) is 42.3 Å². The van der Waals surface area contributed by atoms with Gasteiger partial charge in [0.05, 0.1) is 22.2 Å². The summed E-state index contributed by atoms with van der Waals surface area (Å²) in [6.45, 7) is 2.63. The summed E-state index contributed by atoms with van der Waals surface area (Å²) in [7, 11) is 0. The number of ether oxygens (including phenoxy) is 1. The van der Waals surface area contributed by atoms with E-state index in [0.29, 0.717) is 56.2 Å². The van der Waals surface area contributed by atoms with Crippen molar-refractivity contribution in [3.8, 4) is 17.2 Å². The van der Waals surface area contributed by atoms with Crippen molar-refractivity contribution < 1.29 is 13.9 Å². The molecule has 0 saturated carbocycles. The second-order valence-corrected chi connectivity index (χ2v) is 7.42. The number of amides is 1. The van der Waals surface area contributed by atoms with Crippen LogP contribution in [-0.2, 0) is 0 Å². The Morgan fingerprint density at radius 3 is 2.77 bits per heavy atom. The maximum Gasteiger partial charge on any atom is 0.255 e. The molecule has 1 N–H and O–H groups in total. The number of oxazole rings is 1.